The first-order chi connectivity index (χ1) is 7.36. The lowest BCUT2D eigenvalue weighted by Crippen LogP contribution is -1.77. The Bertz CT molecular complexity index is 380. The Labute approximate surface area is 93.2 Å². The van der Waals surface area contributed by atoms with Gasteiger partial charge in [0.15, 0.2) is 0 Å². The molecule has 0 N–H and O–H groups in total. The van der Waals surface area contributed by atoms with Crippen LogP contribution in [0, 0.1) is 6.92 Å². The zero-order chi connectivity index (χ0) is 11.7. The van der Waals surface area contributed by atoms with Crippen molar-refractivity contribution in [3.8, 4) is 0 Å². The SMILES string of the molecule is CC.CC.Cc1ccc2ncccc2c1. The lowest BCUT2D eigenvalue weighted by Gasteiger charge is -1.95. The van der Waals surface area contributed by atoms with Crippen molar-refractivity contribution in [2.75, 3.05) is 0 Å². The number of benzene rings is 1. The average Bonchev–Trinajstić information content (AvgIpc) is 2.34. The van der Waals surface area contributed by atoms with Crippen molar-refractivity contribution >= 4 is 10.9 Å². The number of hydrogen-bond acceptors (Lipinski definition) is 1. The minimum atomic E-state index is 1.07. The van der Waals surface area contributed by atoms with Crippen LogP contribution in [-0.4, -0.2) is 4.98 Å². The second-order valence-electron chi connectivity index (χ2n) is 2.70. The zero-order valence-electron chi connectivity index (χ0n) is 10.4. The fraction of sp³-hybridized carbons (Fsp3) is 0.357. The van der Waals surface area contributed by atoms with E-state index in [0.717, 1.165) is 5.52 Å². The molecule has 1 nitrogen and oxygen atoms in total. The molecular weight excluding hydrogens is 182 g/mol. The van der Waals surface area contributed by atoms with Gasteiger partial charge in [0.2, 0.25) is 0 Å². The second-order valence-corrected chi connectivity index (χ2v) is 2.70. The van der Waals surface area contributed by atoms with Gasteiger partial charge in [-0.25, -0.2) is 0 Å². The van der Waals surface area contributed by atoms with Crippen molar-refractivity contribution in [2.45, 2.75) is 34.6 Å². The smallest absolute Gasteiger partial charge is 0.0702 e. The number of hydrogen-bond donors (Lipinski definition) is 0. The minimum Gasteiger partial charge on any atom is -0.256 e. The summed E-state index contributed by atoms with van der Waals surface area (Å²) >= 11 is 0. The van der Waals surface area contributed by atoms with Crippen molar-refractivity contribution in [1.29, 1.82) is 0 Å². The van der Waals surface area contributed by atoms with Gasteiger partial charge in [-0.3, -0.25) is 4.98 Å². The monoisotopic (exact) mass is 203 g/mol. The molecule has 0 spiro atoms. The number of rotatable bonds is 0. The number of aryl methyl sites for hydroxylation is 1. The summed E-state index contributed by atoms with van der Waals surface area (Å²) in [6, 6.07) is 10.3. The van der Waals surface area contributed by atoms with E-state index < -0.39 is 0 Å². The Morgan fingerprint density at radius 3 is 2.27 bits per heavy atom. The van der Waals surface area contributed by atoms with E-state index in [1.54, 1.807) is 0 Å². The molecule has 1 aromatic carbocycles. The molecule has 0 fully saturated rings. The average molecular weight is 203 g/mol. The van der Waals surface area contributed by atoms with E-state index in [4.69, 9.17) is 0 Å². The first-order valence-corrected chi connectivity index (χ1v) is 5.68. The van der Waals surface area contributed by atoms with Crippen molar-refractivity contribution in [3.63, 3.8) is 0 Å². The molecule has 2 aromatic rings. The standard InChI is InChI=1S/C10H9N.2C2H6/c1-8-4-5-10-9(7-8)3-2-6-11-10;2*1-2/h2-7H,1H3;2*1-2H3. The quantitative estimate of drug-likeness (QED) is 0.610. The van der Waals surface area contributed by atoms with Crippen LogP contribution in [0.1, 0.15) is 33.3 Å². The van der Waals surface area contributed by atoms with Crippen LogP contribution in [0.25, 0.3) is 10.9 Å². The third-order valence-electron chi connectivity index (χ3n) is 1.76. The molecule has 1 heterocycles. The first kappa shape index (κ1) is 13.6. The molecular formula is C14H21N. The van der Waals surface area contributed by atoms with Crippen molar-refractivity contribution in [3.05, 3.63) is 42.1 Å². The van der Waals surface area contributed by atoms with Gasteiger partial charge in [0.25, 0.3) is 0 Å². The predicted molar refractivity (Wildman–Crippen MR) is 69.2 cm³/mol. The fourth-order valence-corrected chi connectivity index (χ4v) is 1.20. The van der Waals surface area contributed by atoms with Crippen LogP contribution >= 0.6 is 0 Å². The minimum absolute atomic E-state index is 1.07. The van der Waals surface area contributed by atoms with E-state index in [0.29, 0.717) is 0 Å². The van der Waals surface area contributed by atoms with E-state index >= 15 is 0 Å². The summed E-state index contributed by atoms with van der Waals surface area (Å²) < 4.78 is 0. The molecule has 0 unspecified atom stereocenters. The van der Waals surface area contributed by atoms with E-state index in [1.807, 2.05) is 46.0 Å². The van der Waals surface area contributed by atoms with Crippen LogP contribution in [0.5, 0.6) is 0 Å². The molecule has 0 aliphatic heterocycles. The van der Waals surface area contributed by atoms with Gasteiger partial charge in [-0.05, 0) is 25.1 Å². The third kappa shape index (κ3) is 4.11. The molecule has 0 radical (unpaired) electrons. The van der Waals surface area contributed by atoms with Gasteiger partial charge in [0, 0.05) is 11.6 Å². The number of aromatic nitrogens is 1. The second kappa shape index (κ2) is 7.98. The highest BCUT2D eigenvalue weighted by molar-refractivity contribution is 5.78. The lowest BCUT2D eigenvalue weighted by molar-refractivity contribution is 1.39. The summed E-state index contributed by atoms with van der Waals surface area (Å²) in [5.74, 6) is 0. The highest BCUT2D eigenvalue weighted by Gasteiger charge is 1.90. The molecule has 0 aliphatic carbocycles. The Hall–Kier alpha value is -1.37. The molecule has 1 heteroatoms. The summed E-state index contributed by atoms with van der Waals surface area (Å²) in [7, 11) is 0. The molecule has 0 saturated heterocycles. The maximum Gasteiger partial charge on any atom is 0.0702 e. The van der Waals surface area contributed by atoms with Gasteiger partial charge < -0.3 is 0 Å². The summed E-state index contributed by atoms with van der Waals surface area (Å²) in [6.07, 6.45) is 1.82. The summed E-state index contributed by atoms with van der Waals surface area (Å²) in [6.45, 7) is 10.1. The highest BCUT2D eigenvalue weighted by atomic mass is 14.6. The maximum absolute atomic E-state index is 4.22. The largest absolute Gasteiger partial charge is 0.256 e. The highest BCUT2D eigenvalue weighted by Crippen LogP contribution is 2.11. The van der Waals surface area contributed by atoms with Gasteiger partial charge in [-0.2, -0.15) is 0 Å². The van der Waals surface area contributed by atoms with Crippen LogP contribution in [0.15, 0.2) is 36.5 Å². The maximum atomic E-state index is 4.22. The van der Waals surface area contributed by atoms with Gasteiger partial charge in [-0.15, -0.1) is 0 Å². The van der Waals surface area contributed by atoms with E-state index in [-0.39, 0.29) is 0 Å². The van der Waals surface area contributed by atoms with Crippen LogP contribution < -0.4 is 0 Å². The summed E-state index contributed by atoms with van der Waals surface area (Å²) in [5.41, 5.74) is 2.35. The molecule has 82 valence electrons. The van der Waals surface area contributed by atoms with Crippen LogP contribution in [0.2, 0.25) is 0 Å². The van der Waals surface area contributed by atoms with E-state index in [1.165, 1.54) is 10.9 Å². The lowest BCUT2D eigenvalue weighted by atomic mass is 10.1. The van der Waals surface area contributed by atoms with Crippen molar-refractivity contribution < 1.29 is 0 Å². The molecule has 1 aromatic heterocycles. The molecule has 0 bridgehead atoms. The number of nitrogens with zero attached hydrogens (tertiary/aromatic N) is 1. The first-order valence-electron chi connectivity index (χ1n) is 5.68. The topological polar surface area (TPSA) is 12.9 Å². The molecule has 2 rings (SSSR count). The Morgan fingerprint density at radius 2 is 1.60 bits per heavy atom. The molecule has 0 amide bonds. The van der Waals surface area contributed by atoms with Gasteiger partial charge in [0.1, 0.15) is 0 Å². The fourth-order valence-electron chi connectivity index (χ4n) is 1.20. The van der Waals surface area contributed by atoms with E-state index in [9.17, 15) is 0 Å². The number of pyridine rings is 1. The van der Waals surface area contributed by atoms with Crippen LogP contribution in [0.3, 0.4) is 0 Å². The van der Waals surface area contributed by atoms with E-state index in [2.05, 4.69) is 30.1 Å². The third-order valence-corrected chi connectivity index (χ3v) is 1.76. The van der Waals surface area contributed by atoms with Crippen LogP contribution in [0.4, 0.5) is 0 Å². The summed E-state index contributed by atoms with van der Waals surface area (Å²) in [4.78, 5) is 4.22. The Morgan fingerprint density at radius 1 is 0.933 bits per heavy atom. The molecule has 15 heavy (non-hydrogen) atoms. The normalized spacial score (nSPS) is 8.33. The Balaban J connectivity index is 0.000000442. The Kier molecular flexibility index (Phi) is 7.25. The molecule has 0 aliphatic rings. The van der Waals surface area contributed by atoms with Crippen LogP contribution in [-0.2, 0) is 0 Å². The van der Waals surface area contributed by atoms with Crippen molar-refractivity contribution in [2.24, 2.45) is 0 Å². The van der Waals surface area contributed by atoms with Gasteiger partial charge in [-0.1, -0.05) is 45.4 Å². The number of fused-ring (bicyclic) bond motifs is 1. The van der Waals surface area contributed by atoms with Crippen molar-refractivity contribution in [1.82, 2.24) is 4.98 Å². The molecule has 0 atom stereocenters. The zero-order valence-corrected chi connectivity index (χ0v) is 10.4. The van der Waals surface area contributed by atoms with Gasteiger partial charge in [0.05, 0.1) is 5.52 Å². The van der Waals surface area contributed by atoms with Gasteiger partial charge >= 0.3 is 0 Å². The summed E-state index contributed by atoms with van der Waals surface area (Å²) in [5, 5.41) is 1.22. The predicted octanol–water partition coefficient (Wildman–Crippen LogP) is 4.60. The molecule has 0 saturated carbocycles.